The molecule has 1 unspecified atom stereocenters. The molecule has 0 aliphatic carbocycles. The van der Waals surface area contributed by atoms with Crippen molar-refractivity contribution < 1.29 is 9.72 Å². The molecule has 0 bridgehead atoms. The number of carbonyl (C=O) groups excluding carboxylic acids is 1. The van der Waals surface area contributed by atoms with Crippen LogP contribution in [-0.4, -0.2) is 21.1 Å². The first-order valence-corrected chi connectivity index (χ1v) is 7.46. The molecule has 0 aliphatic rings. The molecule has 1 heterocycles. The molecular weight excluding hydrogens is 316 g/mol. The van der Waals surface area contributed by atoms with E-state index in [0.29, 0.717) is 10.6 Å². The number of amides is 1. The summed E-state index contributed by atoms with van der Waals surface area (Å²) < 4.78 is 0. The molecular formula is C15H12N4O3S. The second kappa shape index (κ2) is 7.38. The number of benzene rings is 1. The zero-order valence-corrected chi connectivity index (χ0v) is 12.9. The van der Waals surface area contributed by atoms with Gasteiger partial charge in [0.05, 0.1) is 26.8 Å². The Morgan fingerprint density at radius 1 is 1.43 bits per heavy atom. The Bertz CT molecular complexity index is 788. The minimum atomic E-state index is -0.550. The number of thioether (sulfide) groups is 1. The van der Waals surface area contributed by atoms with Crippen LogP contribution in [0.1, 0.15) is 12.5 Å². The number of nitro groups is 1. The Hall–Kier alpha value is -2.92. The van der Waals surface area contributed by atoms with E-state index in [0.717, 1.165) is 0 Å². The lowest BCUT2D eigenvalue weighted by Crippen LogP contribution is -2.23. The maximum atomic E-state index is 12.2. The van der Waals surface area contributed by atoms with E-state index in [2.05, 4.69) is 10.3 Å². The minimum Gasteiger partial charge on any atom is -0.319 e. The third-order valence-electron chi connectivity index (χ3n) is 2.89. The summed E-state index contributed by atoms with van der Waals surface area (Å²) in [5.41, 5.74) is 0.435. The van der Waals surface area contributed by atoms with Gasteiger partial charge in [-0.15, -0.1) is 0 Å². The summed E-state index contributed by atoms with van der Waals surface area (Å²) in [6.45, 7) is 1.66. The number of anilines is 1. The number of carbonyl (C=O) groups is 1. The molecule has 0 radical (unpaired) electrons. The Balaban J connectivity index is 2.09. The summed E-state index contributed by atoms with van der Waals surface area (Å²) in [7, 11) is 0. The van der Waals surface area contributed by atoms with E-state index in [4.69, 9.17) is 5.26 Å². The van der Waals surface area contributed by atoms with E-state index in [-0.39, 0.29) is 17.3 Å². The van der Waals surface area contributed by atoms with E-state index >= 15 is 0 Å². The topological polar surface area (TPSA) is 109 Å². The van der Waals surface area contributed by atoms with Crippen LogP contribution in [0, 0.1) is 21.4 Å². The van der Waals surface area contributed by atoms with Crippen molar-refractivity contribution in [1.29, 1.82) is 5.26 Å². The molecule has 7 nitrogen and oxygen atoms in total. The SMILES string of the molecule is CC(Sc1cc(C#N)ccn1)C(=O)Nc1ccccc1[N+](=O)[O-]. The lowest BCUT2D eigenvalue weighted by atomic mass is 10.2. The van der Waals surface area contributed by atoms with Gasteiger partial charge in [0, 0.05) is 12.3 Å². The highest BCUT2D eigenvalue weighted by molar-refractivity contribution is 8.00. The number of nitro benzene ring substituents is 1. The van der Waals surface area contributed by atoms with Crippen LogP contribution in [0.15, 0.2) is 47.6 Å². The van der Waals surface area contributed by atoms with Crippen LogP contribution in [0.25, 0.3) is 0 Å². The van der Waals surface area contributed by atoms with Crippen molar-refractivity contribution in [3.05, 3.63) is 58.3 Å². The van der Waals surface area contributed by atoms with Crippen molar-refractivity contribution >= 4 is 29.0 Å². The van der Waals surface area contributed by atoms with Gasteiger partial charge in [-0.05, 0) is 25.1 Å². The normalized spacial score (nSPS) is 11.3. The first kappa shape index (κ1) is 16.5. The zero-order valence-electron chi connectivity index (χ0n) is 12.1. The molecule has 0 saturated heterocycles. The number of para-hydroxylation sites is 2. The van der Waals surface area contributed by atoms with Crippen LogP contribution in [-0.2, 0) is 4.79 Å². The smallest absolute Gasteiger partial charge is 0.292 e. The molecule has 1 aromatic carbocycles. The highest BCUT2D eigenvalue weighted by Gasteiger charge is 2.20. The first-order valence-electron chi connectivity index (χ1n) is 6.58. The van der Waals surface area contributed by atoms with Gasteiger partial charge in [-0.3, -0.25) is 14.9 Å². The minimum absolute atomic E-state index is 0.147. The lowest BCUT2D eigenvalue weighted by Gasteiger charge is -2.11. The molecule has 1 aromatic heterocycles. The van der Waals surface area contributed by atoms with Crippen molar-refractivity contribution in [2.45, 2.75) is 17.2 Å². The summed E-state index contributed by atoms with van der Waals surface area (Å²) in [4.78, 5) is 26.7. The number of nitrogens with one attached hydrogen (secondary N) is 1. The Labute approximate surface area is 136 Å². The molecule has 1 amide bonds. The molecule has 116 valence electrons. The number of rotatable bonds is 5. The molecule has 2 rings (SSSR count). The number of pyridine rings is 1. The van der Waals surface area contributed by atoms with E-state index in [1.54, 1.807) is 25.1 Å². The van der Waals surface area contributed by atoms with E-state index in [1.165, 1.54) is 36.2 Å². The van der Waals surface area contributed by atoms with Crippen molar-refractivity contribution in [1.82, 2.24) is 4.98 Å². The standard InChI is InChI=1S/C15H12N4O3S/c1-10(23-14-8-11(9-16)6-7-17-14)15(20)18-12-4-2-3-5-13(12)19(21)22/h2-8,10H,1H3,(H,18,20). The van der Waals surface area contributed by atoms with Crippen molar-refractivity contribution in [2.75, 3.05) is 5.32 Å². The Morgan fingerprint density at radius 3 is 2.87 bits per heavy atom. The number of aromatic nitrogens is 1. The quantitative estimate of drug-likeness (QED) is 0.513. The monoisotopic (exact) mass is 328 g/mol. The Kier molecular flexibility index (Phi) is 5.28. The fourth-order valence-electron chi connectivity index (χ4n) is 1.75. The molecule has 23 heavy (non-hydrogen) atoms. The van der Waals surface area contributed by atoms with E-state index < -0.39 is 10.2 Å². The van der Waals surface area contributed by atoms with Gasteiger partial charge < -0.3 is 5.32 Å². The van der Waals surface area contributed by atoms with Gasteiger partial charge in [0.25, 0.3) is 5.69 Å². The van der Waals surface area contributed by atoms with Crippen LogP contribution in [0.5, 0.6) is 0 Å². The molecule has 0 aliphatic heterocycles. The molecule has 0 fully saturated rings. The maximum Gasteiger partial charge on any atom is 0.292 e. The highest BCUT2D eigenvalue weighted by atomic mass is 32.2. The average molecular weight is 328 g/mol. The third kappa shape index (κ3) is 4.28. The van der Waals surface area contributed by atoms with E-state index in [1.807, 2.05) is 6.07 Å². The molecule has 0 saturated carbocycles. The van der Waals surface area contributed by atoms with Crippen molar-refractivity contribution in [2.24, 2.45) is 0 Å². The third-order valence-corrected chi connectivity index (χ3v) is 3.92. The van der Waals surface area contributed by atoms with Gasteiger partial charge in [0.15, 0.2) is 0 Å². The van der Waals surface area contributed by atoms with Crippen LogP contribution in [0.2, 0.25) is 0 Å². The maximum absolute atomic E-state index is 12.2. The number of hydrogen-bond acceptors (Lipinski definition) is 6. The van der Waals surface area contributed by atoms with Gasteiger partial charge in [-0.1, -0.05) is 23.9 Å². The van der Waals surface area contributed by atoms with Gasteiger partial charge in [-0.25, -0.2) is 4.98 Å². The first-order chi connectivity index (χ1) is 11.0. The van der Waals surface area contributed by atoms with Gasteiger partial charge >= 0.3 is 0 Å². The highest BCUT2D eigenvalue weighted by Crippen LogP contribution is 2.26. The van der Waals surface area contributed by atoms with Crippen molar-refractivity contribution in [3.8, 4) is 6.07 Å². The predicted molar refractivity (Wildman–Crippen MR) is 86.0 cm³/mol. The van der Waals surface area contributed by atoms with Gasteiger partial charge in [0.2, 0.25) is 5.91 Å². The molecule has 0 spiro atoms. The summed E-state index contributed by atoms with van der Waals surface area (Å²) in [6, 6.07) is 11.1. The molecule has 2 aromatic rings. The Morgan fingerprint density at radius 2 is 2.17 bits per heavy atom. The van der Waals surface area contributed by atoms with Crippen LogP contribution in [0.4, 0.5) is 11.4 Å². The fraction of sp³-hybridized carbons (Fsp3) is 0.133. The zero-order chi connectivity index (χ0) is 16.8. The summed E-state index contributed by atoms with van der Waals surface area (Å²) >= 11 is 1.17. The number of hydrogen-bond donors (Lipinski definition) is 1. The predicted octanol–water partition coefficient (Wildman–Crippen LogP) is 2.98. The number of nitrogens with zero attached hydrogens (tertiary/aromatic N) is 3. The van der Waals surface area contributed by atoms with Crippen LogP contribution >= 0.6 is 11.8 Å². The van der Waals surface area contributed by atoms with Crippen molar-refractivity contribution in [3.63, 3.8) is 0 Å². The molecule has 1 atom stereocenters. The lowest BCUT2D eigenvalue weighted by molar-refractivity contribution is -0.383. The second-order valence-corrected chi connectivity index (χ2v) is 5.88. The van der Waals surface area contributed by atoms with Gasteiger partial charge in [0.1, 0.15) is 5.69 Å². The largest absolute Gasteiger partial charge is 0.319 e. The summed E-state index contributed by atoms with van der Waals surface area (Å²) in [5.74, 6) is -0.381. The summed E-state index contributed by atoms with van der Waals surface area (Å²) in [5, 5.41) is 22.3. The number of nitriles is 1. The average Bonchev–Trinajstić information content (AvgIpc) is 2.55. The molecule has 1 N–H and O–H groups in total. The van der Waals surface area contributed by atoms with Crippen LogP contribution in [0.3, 0.4) is 0 Å². The van der Waals surface area contributed by atoms with E-state index in [9.17, 15) is 14.9 Å². The summed E-state index contributed by atoms with van der Waals surface area (Å²) in [6.07, 6.45) is 1.49. The second-order valence-electron chi connectivity index (χ2n) is 4.52. The van der Waals surface area contributed by atoms with Crippen LogP contribution < -0.4 is 5.32 Å². The molecule has 8 heteroatoms. The van der Waals surface area contributed by atoms with Gasteiger partial charge in [-0.2, -0.15) is 5.26 Å². The fourth-order valence-corrected chi connectivity index (χ4v) is 2.60.